The molecule has 50 heavy (non-hydrogen) atoms. The van der Waals surface area contributed by atoms with Crippen LogP contribution in [0.25, 0.3) is 22.3 Å². The van der Waals surface area contributed by atoms with E-state index in [9.17, 15) is 9.90 Å². The van der Waals surface area contributed by atoms with E-state index in [4.69, 9.17) is 9.72 Å². The number of aromatic nitrogens is 4. The largest absolute Gasteiger partial charge is 0.496 e. The molecule has 12 heteroatoms. The summed E-state index contributed by atoms with van der Waals surface area (Å²) in [7, 11) is 3.73. The molecule has 4 aromatic rings. The number of amides is 1. The van der Waals surface area contributed by atoms with Gasteiger partial charge in [-0.2, -0.15) is 0 Å². The van der Waals surface area contributed by atoms with E-state index in [2.05, 4.69) is 53.7 Å². The summed E-state index contributed by atoms with van der Waals surface area (Å²) in [6.45, 7) is 6.95. The lowest BCUT2D eigenvalue weighted by molar-refractivity contribution is -0.0419. The van der Waals surface area contributed by atoms with E-state index in [1.54, 1.807) is 12.3 Å². The van der Waals surface area contributed by atoms with Crippen molar-refractivity contribution in [3.05, 3.63) is 60.3 Å². The van der Waals surface area contributed by atoms with Gasteiger partial charge in [-0.15, -0.1) is 0 Å². The molecule has 2 N–H and O–H groups in total. The quantitative estimate of drug-likeness (QED) is 0.266. The fourth-order valence-electron chi connectivity index (χ4n) is 9.03. The molecule has 8 rings (SSSR count). The van der Waals surface area contributed by atoms with E-state index in [1.165, 1.54) is 64.6 Å². The van der Waals surface area contributed by atoms with Crippen LogP contribution in [0.3, 0.4) is 0 Å². The Morgan fingerprint density at radius 2 is 1.74 bits per heavy atom. The average Bonchev–Trinajstić information content (AvgIpc) is 3.48. The van der Waals surface area contributed by atoms with Crippen LogP contribution in [0, 0.1) is 11.2 Å². The topological polar surface area (TPSA) is 112 Å². The number of piperidine rings is 2. The van der Waals surface area contributed by atoms with E-state index in [0.29, 0.717) is 41.6 Å². The maximum absolute atomic E-state index is 15.9. The molecule has 0 atom stereocenters. The number of carbonyl (C=O) groups excluding carboxylic acids is 1. The summed E-state index contributed by atoms with van der Waals surface area (Å²) in [5.41, 5.74) is 3.62. The van der Waals surface area contributed by atoms with Crippen LogP contribution in [-0.2, 0) is 0 Å². The van der Waals surface area contributed by atoms with E-state index in [0.717, 1.165) is 55.5 Å². The van der Waals surface area contributed by atoms with E-state index < -0.39 is 11.7 Å². The number of imidazole rings is 1. The number of pyridine rings is 2. The number of anilines is 2. The lowest BCUT2D eigenvalue weighted by Gasteiger charge is -2.54. The van der Waals surface area contributed by atoms with Gasteiger partial charge < -0.3 is 29.1 Å². The van der Waals surface area contributed by atoms with Crippen LogP contribution in [0.15, 0.2) is 48.9 Å². The van der Waals surface area contributed by atoms with Crippen molar-refractivity contribution in [2.24, 2.45) is 5.41 Å². The molecule has 3 saturated heterocycles. The minimum Gasteiger partial charge on any atom is -0.496 e. The van der Waals surface area contributed by atoms with Crippen LogP contribution >= 0.6 is 0 Å². The Labute approximate surface area is 292 Å². The summed E-state index contributed by atoms with van der Waals surface area (Å²) < 4.78 is 23.4. The predicted octanol–water partition coefficient (Wildman–Crippen LogP) is 5.37. The highest BCUT2D eigenvalue weighted by Gasteiger charge is 2.44. The van der Waals surface area contributed by atoms with Crippen LogP contribution < -0.4 is 15.0 Å². The van der Waals surface area contributed by atoms with Crippen molar-refractivity contribution in [1.82, 2.24) is 29.3 Å². The van der Waals surface area contributed by atoms with Gasteiger partial charge in [0, 0.05) is 62.5 Å². The van der Waals surface area contributed by atoms with Crippen molar-refractivity contribution in [1.29, 1.82) is 0 Å². The maximum Gasteiger partial charge on any atom is 0.261 e. The fourth-order valence-corrected chi connectivity index (χ4v) is 9.03. The number of carbonyl (C=O) groups is 1. The number of aliphatic hydroxyl groups is 1. The summed E-state index contributed by atoms with van der Waals surface area (Å²) in [6.07, 6.45) is 11.9. The van der Waals surface area contributed by atoms with Crippen LogP contribution in [0.5, 0.6) is 5.75 Å². The Hall–Kier alpha value is -4.13. The van der Waals surface area contributed by atoms with Gasteiger partial charge in [0.1, 0.15) is 11.4 Å². The lowest BCUT2D eigenvalue weighted by Crippen LogP contribution is -2.60. The molecule has 264 valence electrons. The molecule has 1 spiro atoms. The molecule has 0 radical (unpaired) electrons. The van der Waals surface area contributed by atoms with Gasteiger partial charge in [0.15, 0.2) is 5.82 Å². The van der Waals surface area contributed by atoms with Crippen LogP contribution in [0.1, 0.15) is 67.8 Å². The number of nitrogens with one attached hydrogen (secondary N) is 1. The van der Waals surface area contributed by atoms with Crippen molar-refractivity contribution >= 4 is 28.6 Å². The third-order valence-electron chi connectivity index (χ3n) is 11.7. The Bertz CT molecular complexity index is 1850. The highest BCUT2D eigenvalue weighted by Crippen LogP contribution is 2.41. The zero-order valence-electron chi connectivity index (χ0n) is 29.0. The standard InChI is InChI=1S/C38H47FN8O3/c1-44-23-38(24-44)13-19-46(20-14-38)25-11-17-45(18-12-25)27-5-8-31-32(21-27)47(26-3-6-28(48)7-4-26)37(42-31)43-36(49)29-9-16-41-35(34(29)39)30-22-40-15-10-33(30)50-2/h5,8-10,15-16,21-22,25-26,28,48H,3-4,6-7,11-14,17-20,23-24H2,1-2H3,(H,42,43,49)/t26-,28+. The first-order chi connectivity index (χ1) is 24.3. The number of fused-ring (bicyclic) bond motifs is 1. The van der Waals surface area contributed by atoms with Crippen LogP contribution in [0.2, 0.25) is 0 Å². The Balaban J connectivity index is 1.03. The Kier molecular flexibility index (Phi) is 8.94. The average molecular weight is 683 g/mol. The number of methoxy groups -OCH3 is 1. The molecule has 11 nitrogen and oxygen atoms in total. The number of ether oxygens (including phenoxy) is 1. The van der Waals surface area contributed by atoms with Crippen LogP contribution in [-0.4, -0.2) is 106 Å². The molecule has 1 amide bonds. The van der Waals surface area contributed by atoms with E-state index >= 15 is 4.39 Å². The first-order valence-corrected chi connectivity index (χ1v) is 18.1. The summed E-state index contributed by atoms with van der Waals surface area (Å²) in [4.78, 5) is 34.6. The van der Waals surface area contributed by atoms with E-state index in [-0.39, 0.29) is 23.4 Å². The molecule has 1 aliphatic carbocycles. The number of aliphatic hydroxyl groups excluding tert-OH is 1. The zero-order chi connectivity index (χ0) is 34.4. The molecular formula is C38H47FN8O3. The maximum atomic E-state index is 15.9. The summed E-state index contributed by atoms with van der Waals surface area (Å²) in [5, 5.41) is 13.2. The van der Waals surface area contributed by atoms with E-state index in [1.807, 2.05) is 6.07 Å². The molecule has 3 aromatic heterocycles. The minimum absolute atomic E-state index is 0.0128. The monoisotopic (exact) mass is 682 g/mol. The van der Waals surface area contributed by atoms with Crippen molar-refractivity contribution < 1.29 is 19.0 Å². The molecular weight excluding hydrogens is 635 g/mol. The summed E-state index contributed by atoms with van der Waals surface area (Å²) in [5.74, 6) is -0.590. The summed E-state index contributed by atoms with van der Waals surface area (Å²) in [6, 6.07) is 10.0. The number of rotatable bonds is 7. The lowest BCUT2D eigenvalue weighted by atomic mass is 9.72. The zero-order valence-corrected chi connectivity index (χ0v) is 29.0. The van der Waals surface area contributed by atoms with Crippen molar-refractivity contribution in [2.75, 3.05) is 63.6 Å². The smallest absolute Gasteiger partial charge is 0.261 e. The molecule has 6 heterocycles. The number of likely N-dealkylation sites (tertiary alicyclic amines) is 2. The molecule has 1 aromatic carbocycles. The SMILES string of the molecule is COc1ccncc1-c1nccc(C(=O)Nc2nc3ccc(N4CCC(N5CCC6(CC5)CN(C)C6)CC4)cc3n2[C@H]2CC[C@@H](O)CC2)c1F. The van der Waals surface area contributed by atoms with Gasteiger partial charge in [-0.1, -0.05) is 0 Å². The Morgan fingerprint density at radius 3 is 2.46 bits per heavy atom. The molecule has 0 unspecified atom stereocenters. The summed E-state index contributed by atoms with van der Waals surface area (Å²) >= 11 is 0. The van der Waals surface area contributed by atoms with Crippen LogP contribution in [0.4, 0.5) is 16.0 Å². The van der Waals surface area contributed by atoms with Gasteiger partial charge in [-0.05, 0) is 107 Å². The molecule has 4 aliphatic rings. The third kappa shape index (κ3) is 6.22. The number of hydrogen-bond acceptors (Lipinski definition) is 9. The highest BCUT2D eigenvalue weighted by molar-refractivity contribution is 6.05. The van der Waals surface area contributed by atoms with Gasteiger partial charge in [0.05, 0.1) is 35.4 Å². The third-order valence-corrected chi connectivity index (χ3v) is 11.7. The van der Waals surface area contributed by atoms with Gasteiger partial charge in [-0.3, -0.25) is 20.1 Å². The first-order valence-electron chi connectivity index (χ1n) is 18.1. The second-order valence-electron chi connectivity index (χ2n) is 14.9. The van der Waals surface area contributed by atoms with Crippen molar-refractivity contribution in [3.8, 4) is 17.0 Å². The van der Waals surface area contributed by atoms with Gasteiger partial charge in [0.2, 0.25) is 5.95 Å². The number of nitrogens with zero attached hydrogens (tertiary/aromatic N) is 7. The number of hydrogen-bond donors (Lipinski definition) is 2. The second-order valence-corrected chi connectivity index (χ2v) is 14.9. The number of benzene rings is 1. The van der Waals surface area contributed by atoms with Gasteiger partial charge >= 0.3 is 0 Å². The Morgan fingerprint density at radius 1 is 0.980 bits per heavy atom. The number of halogens is 1. The minimum atomic E-state index is -0.759. The predicted molar refractivity (Wildman–Crippen MR) is 191 cm³/mol. The molecule has 1 saturated carbocycles. The molecule has 0 bridgehead atoms. The normalized spacial score (nSPS) is 23.2. The molecule has 4 fully saturated rings. The second kappa shape index (κ2) is 13.5. The molecule has 3 aliphatic heterocycles. The van der Waals surface area contributed by atoms with Gasteiger partial charge in [-0.25, -0.2) is 9.37 Å². The van der Waals surface area contributed by atoms with Gasteiger partial charge in [0.25, 0.3) is 5.91 Å². The highest BCUT2D eigenvalue weighted by atomic mass is 19.1. The first kappa shape index (κ1) is 33.0. The van der Waals surface area contributed by atoms with Crippen molar-refractivity contribution in [3.63, 3.8) is 0 Å². The van der Waals surface area contributed by atoms with Crippen molar-refractivity contribution in [2.45, 2.75) is 69.6 Å². The fraction of sp³-hybridized carbons (Fsp3) is 0.526.